The summed E-state index contributed by atoms with van der Waals surface area (Å²) in [5, 5.41) is 11.2. The number of aliphatic hydroxyl groups excluding tert-OH is 1. The second-order valence-electron chi connectivity index (χ2n) is 10.6. The number of likely N-dealkylation sites (tertiary alicyclic amines) is 1. The molecule has 1 spiro atoms. The molecule has 5 aliphatic heterocycles. The third-order valence-corrected chi connectivity index (χ3v) is 8.73. The molecule has 0 saturated carbocycles. The maximum absolute atomic E-state index is 13.6. The van der Waals surface area contributed by atoms with Crippen LogP contribution in [-0.2, 0) is 25.7 Å². The van der Waals surface area contributed by atoms with Gasteiger partial charge in [0.2, 0.25) is 5.91 Å². The molecule has 0 aromatic heterocycles. The molecule has 5 heterocycles. The summed E-state index contributed by atoms with van der Waals surface area (Å²) in [7, 11) is 0. The van der Waals surface area contributed by atoms with E-state index < -0.39 is 11.5 Å². The Bertz CT molecular complexity index is 1110. The van der Waals surface area contributed by atoms with E-state index in [0.29, 0.717) is 17.8 Å². The van der Waals surface area contributed by atoms with Crippen LogP contribution in [0.1, 0.15) is 72.2 Å². The van der Waals surface area contributed by atoms with Crippen molar-refractivity contribution in [3.63, 3.8) is 0 Å². The second-order valence-corrected chi connectivity index (χ2v) is 10.6. The van der Waals surface area contributed by atoms with Gasteiger partial charge in [0.25, 0.3) is 0 Å². The topological polar surface area (TPSA) is 96.4 Å². The van der Waals surface area contributed by atoms with Crippen molar-refractivity contribution in [2.24, 2.45) is 5.41 Å². The Morgan fingerprint density at radius 3 is 2.50 bits per heavy atom. The summed E-state index contributed by atoms with van der Waals surface area (Å²) < 4.78 is 10.2. The number of esters is 2. The van der Waals surface area contributed by atoms with Crippen molar-refractivity contribution < 1.29 is 29.0 Å². The molecule has 8 heteroatoms. The maximum Gasteiger partial charge on any atom is 0.338 e. The molecule has 180 valence electrons. The highest BCUT2D eigenvalue weighted by atomic mass is 16.5. The highest BCUT2D eigenvalue weighted by molar-refractivity contribution is 5.94. The summed E-state index contributed by atoms with van der Waals surface area (Å²) in [6, 6.07) is 4.15. The van der Waals surface area contributed by atoms with Crippen molar-refractivity contribution in [1.82, 2.24) is 9.80 Å². The summed E-state index contributed by atoms with van der Waals surface area (Å²) in [6.45, 7) is 4.95. The number of ether oxygens (including phenoxy) is 2. The molecule has 4 atom stereocenters. The van der Waals surface area contributed by atoms with Gasteiger partial charge in [0.15, 0.2) is 0 Å². The quantitative estimate of drug-likeness (QED) is 0.681. The number of aliphatic hydroxyl groups is 1. The molecule has 8 nitrogen and oxygen atoms in total. The molecule has 3 fully saturated rings. The average Bonchev–Trinajstić information content (AvgIpc) is 3.50. The summed E-state index contributed by atoms with van der Waals surface area (Å²) in [4.78, 5) is 41.3. The zero-order valence-electron chi connectivity index (χ0n) is 19.6. The van der Waals surface area contributed by atoms with Crippen molar-refractivity contribution in [2.75, 3.05) is 13.2 Å². The fraction of sp³-hybridized carbons (Fsp3) is 0.577. The van der Waals surface area contributed by atoms with Crippen molar-refractivity contribution in [3.05, 3.63) is 46.2 Å². The minimum absolute atomic E-state index is 0.0452. The first-order valence-corrected chi connectivity index (χ1v) is 12.2. The molecule has 0 aliphatic carbocycles. The molecule has 3 saturated heterocycles. The SMILES string of the molecule is Cc1c(C(O)CN2C3CCC2CC2(CC(C)N(C4=CC(=O)OC4)C2=O)C3)ccc2c1COC2=O. The summed E-state index contributed by atoms with van der Waals surface area (Å²) in [6.07, 6.45) is 5.18. The van der Waals surface area contributed by atoms with Crippen molar-refractivity contribution >= 4 is 17.8 Å². The summed E-state index contributed by atoms with van der Waals surface area (Å²) >= 11 is 0. The minimum Gasteiger partial charge on any atom is -0.457 e. The zero-order valence-corrected chi connectivity index (χ0v) is 19.6. The van der Waals surface area contributed by atoms with E-state index in [1.165, 1.54) is 6.08 Å². The number of cyclic esters (lactones) is 2. The Kier molecular flexibility index (Phi) is 4.90. The third-order valence-electron chi connectivity index (χ3n) is 8.73. The van der Waals surface area contributed by atoms with Gasteiger partial charge in [-0.1, -0.05) is 6.07 Å². The molecule has 34 heavy (non-hydrogen) atoms. The molecule has 1 aromatic carbocycles. The molecule has 5 aliphatic rings. The van der Waals surface area contributed by atoms with Gasteiger partial charge in [-0.3, -0.25) is 9.69 Å². The zero-order chi connectivity index (χ0) is 23.8. The van der Waals surface area contributed by atoms with Gasteiger partial charge in [-0.25, -0.2) is 9.59 Å². The number of amides is 1. The van der Waals surface area contributed by atoms with Crippen LogP contribution in [-0.4, -0.2) is 64.0 Å². The number of carbonyl (C=O) groups excluding carboxylic acids is 3. The van der Waals surface area contributed by atoms with Crippen LogP contribution in [0.2, 0.25) is 0 Å². The number of hydrogen-bond donors (Lipinski definition) is 1. The van der Waals surface area contributed by atoms with Gasteiger partial charge in [-0.2, -0.15) is 0 Å². The fourth-order valence-electron chi connectivity index (χ4n) is 7.22. The summed E-state index contributed by atoms with van der Waals surface area (Å²) in [5.74, 6) is -0.550. The normalized spacial score (nSPS) is 33.4. The van der Waals surface area contributed by atoms with Crippen LogP contribution in [0, 0.1) is 12.3 Å². The predicted molar refractivity (Wildman–Crippen MR) is 120 cm³/mol. The van der Waals surface area contributed by atoms with Crippen LogP contribution >= 0.6 is 0 Å². The molecule has 2 bridgehead atoms. The highest BCUT2D eigenvalue weighted by Crippen LogP contribution is 2.53. The van der Waals surface area contributed by atoms with Gasteiger partial charge >= 0.3 is 11.9 Å². The second kappa shape index (κ2) is 7.65. The maximum atomic E-state index is 13.6. The average molecular weight is 467 g/mol. The van der Waals surface area contributed by atoms with E-state index in [2.05, 4.69) is 11.8 Å². The number of carbonyl (C=O) groups is 3. The number of piperidine rings is 1. The van der Waals surface area contributed by atoms with Crippen LogP contribution in [0.3, 0.4) is 0 Å². The molecule has 1 aromatic rings. The monoisotopic (exact) mass is 466 g/mol. The summed E-state index contributed by atoms with van der Waals surface area (Å²) in [5.41, 5.74) is 3.51. The van der Waals surface area contributed by atoms with Gasteiger partial charge in [-0.15, -0.1) is 0 Å². The van der Waals surface area contributed by atoms with E-state index in [-0.39, 0.29) is 49.2 Å². The Morgan fingerprint density at radius 1 is 1.09 bits per heavy atom. The standard InChI is InChI=1S/C26H30N2O6/c1-14-8-26(25(32)28(14)18-7-23(30)33-12-18)9-16-3-4-17(10-26)27(16)11-22(29)19-5-6-20-21(15(19)2)13-34-24(20)31/h5-7,14,16-17,22,29H,3-4,8-13H2,1-2H3. The molecule has 6 rings (SSSR count). The van der Waals surface area contributed by atoms with Crippen molar-refractivity contribution in [1.29, 1.82) is 0 Å². The van der Waals surface area contributed by atoms with E-state index in [1.54, 1.807) is 11.0 Å². The lowest BCUT2D eigenvalue weighted by Crippen LogP contribution is -2.51. The number of nitrogens with zero attached hydrogens (tertiary/aromatic N) is 2. The first-order chi connectivity index (χ1) is 16.3. The van der Waals surface area contributed by atoms with E-state index in [1.807, 2.05) is 13.0 Å². The first-order valence-electron chi connectivity index (χ1n) is 12.2. The largest absolute Gasteiger partial charge is 0.457 e. The van der Waals surface area contributed by atoms with Gasteiger partial charge in [-0.05, 0) is 63.1 Å². The molecule has 1 amide bonds. The van der Waals surface area contributed by atoms with Crippen molar-refractivity contribution in [3.8, 4) is 0 Å². The van der Waals surface area contributed by atoms with E-state index >= 15 is 0 Å². The van der Waals surface area contributed by atoms with Gasteiger partial charge in [0.1, 0.15) is 13.2 Å². The molecule has 4 unspecified atom stereocenters. The third kappa shape index (κ3) is 3.15. The number of rotatable bonds is 4. The van der Waals surface area contributed by atoms with Crippen molar-refractivity contribution in [2.45, 2.75) is 76.8 Å². The van der Waals surface area contributed by atoms with Gasteiger partial charge < -0.3 is 19.5 Å². The first kappa shape index (κ1) is 21.8. The lowest BCUT2D eigenvalue weighted by molar-refractivity contribution is -0.140. The predicted octanol–water partition coefficient (Wildman–Crippen LogP) is 2.37. The van der Waals surface area contributed by atoms with Crippen LogP contribution < -0.4 is 0 Å². The van der Waals surface area contributed by atoms with Gasteiger partial charge in [0.05, 0.1) is 22.8 Å². The van der Waals surface area contributed by atoms with E-state index in [0.717, 1.165) is 48.8 Å². The Balaban J connectivity index is 1.19. The highest BCUT2D eigenvalue weighted by Gasteiger charge is 2.58. The molecule has 1 N–H and O–H groups in total. The van der Waals surface area contributed by atoms with Gasteiger partial charge in [0, 0.05) is 36.3 Å². The van der Waals surface area contributed by atoms with E-state index in [4.69, 9.17) is 9.47 Å². The lowest BCUT2D eigenvalue weighted by Gasteiger charge is -2.44. The Labute approximate surface area is 198 Å². The van der Waals surface area contributed by atoms with Crippen LogP contribution in [0.15, 0.2) is 23.9 Å². The minimum atomic E-state index is -0.667. The van der Waals surface area contributed by atoms with Crippen LogP contribution in [0.4, 0.5) is 0 Å². The number of fused-ring (bicyclic) bond motifs is 3. The Hall–Kier alpha value is -2.71. The van der Waals surface area contributed by atoms with Crippen LogP contribution in [0.5, 0.6) is 0 Å². The lowest BCUT2D eigenvalue weighted by atomic mass is 9.72. The molecular weight excluding hydrogens is 436 g/mol. The Morgan fingerprint density at radius 2 is 1.82 bits per heavy atom. The van der Waals surface area contributed by atoms with Crippen LogP contribution in [0.25, 0.3) is 0 Å². The fourth-order valence-corrected chi connectivity index (χ4v) is 7.22. The molecule has 0 radical (unpaired) electrons. The smallest absolute Gasteiger partial charge is 0.338 e. The molecular formula is C26H30N2O6. The number of hydrogen-bond acceptors (Lipinski definition) is 7. The number of benzene rings is 1. The van der Waals surface area contributed by atoms with E-state index in [9.17, 15) is 19.5 Å².